The first-order valence-corrected chi connectivity index (χ1v) is 2.20. The fourth-order valence-electron chi connectivity index (χ4n) is 0.453. The van der Waals surface area contributed by atoms with Crippen LogP contribution in [0.2, 0.25) is 0 Å². The molecule has 0 saturated carbocycles. The van der Waals surface area contributed by atoms with Gasteiger partial charge in [-0.05, 0) is 12.1 Å². The number of nitrogen functional groups attached to an aromatic ring is 1. The third-order valence-electron chi connectivity index (χ3n) is 0.800. The summed E-state index contributed by atoms with van der Waals surface area (Å²) in [6.07, 6.45) is 0. The fourth-order valence-corrected chi connectivity index (χ4v) is 0.453. The van der Waals surface area contributed by atoms with Gasteiger partial charge < -0.3 is 20.6 Å². The first-order valence-electron chi connectivity index (χ1n) is 2.20. The van der Waals surface area contributed by atoms with E-state index in [2.05, 4.69) is 0 Å². The van der Waals surface area contributed by atoms with Gasteiger partial charge in [0, 0.05) is 55.4 Å². The van der Waals surface area contributed by atoms with Crippen LogP contribution in [0.25, 0.3) is 0 Å². The zero-order chi connectivity index (χ0) is 5.11. The number of hydrogen-bond donors (Lipinski definition) is 1. The zero-order valence-electron chi connectivity index (χ0n) is 6.91. The molecule has 61 valence electrons. The number of rotatable bonds is 0. The summed E-state index contributed by atoms with van der Waals surface area (Å²) in [7, 11) is 0. The Hall–Kier alpha value is 0.656. The van der Waals surface area contributed by atoms with Crippen molar-refractivity contribution >= 4 is 5.69 Å². The van der Waals surface area contributed by atoms with Crippen LogP contribution in [0.15, 0.2) is 30.3 Å². The van der Waals surface area contributed by atoms with Crippen LogP contribution >= 0.6 is 0 Å². The van der Waals surface area contributed by atoms with E-state index in [1.54, 1.807) is 0 Å². The summed E-state index contributed by atoms with van der Waals surface area (Å²) in [5.41, 5.74) is 6.18. The van der Waals surface area contributed by atoms with E-state index < -0.39 is 0 Å². The molecule has 11 heavy (non-hydrogen) atoms. The molecule has 0 unspecified atom stereocenters. The summed E-state index contributed by atoms with van der Waals surface area (Å²) in [5, 5.41) is 0. The molecular weight excluding hydrogens is 399 g/mol. The largest absolute Gasteiger partial charge is 0.399 e. The summed E-state index contributed by atoms with van der Waals surface area (Å²) in [6.45, 7) is 0. The maximum Gasteiger partial charge on any atom is 0.0313 e. The third-order valence-corrected chi connectivity index (χ3v) is 0.800. The molecule has 0 heterocycles. The van der Waals surface area contributed by atoms with E-state index in [9.17, 15) is 0 Å². The van der Waals surface area contributed by atoms with Crippen LogP contribution < -0.4 is 5.73 Å². The molecule has 0 aliphatic rings. The number of nitrogens with two attached hydrogens (primary N) is 1. The molecule has 1 rings (SSSR count). The van der Waals surface area contributed by atoms with Crippen molar-refractivity contribution in [1.82, 2.24) is 0 Å². The Kier molecular flexibility index (Phi) is 27.2. The summed E-state index contributed by atoms with van der Waals surface area (Å²) >= 11 is 0. The molecule has 2 N–H and O–H groups in total. The van der Waals surface area contributed by atoms with Crippen LogP contribution in [-0.2, 0) is 18.6 Å². The Morgan fingerprint density at radius 3 is 1.45 bits per heavy atom. The molecule has 0 atom stereocenters. The maximum atomic E-state index is 5.36. The molecule has 3 heteroatoms. The Morgan fingerprint density at radius 2 is 1.27 bits per heavy atom. The van der Waals surface area contributed by atoms with Crippen molar-refractivity contribution in [2.75, 3.05) is 5.73 Å². The average molecular weight is 412 g/mol. The molecule has 0 aliphatic heterocycles. The first kappa shape index (κ1) is 22.6. The second kappa shape index (κ2) is 13.3. The standard InChI is InChI=1S/C6H7N.2CH3.U.V/c7-6-4-2-1-3-5-6;;;;/h1-5H,7H2;2*1H3;;/q;2*-1;;. The normalized spacial score (nSPS) is 5.45. The van der Waals surface area contributed by atoms with Gasteiger partial charge in [-0.15, -0.1) is 0 Å². The summed E-state index contributed by atoms with van der Waals surface area (Å²) in [5.74, 6) is 0. The third kappa shape index (κ3) is 10.7. The van der Waals surface area contributed by atoms with E-state index in [1.807, 2.05) is 30.3 Å². The van der Waals surface area contributed by atoms with E-state index in [-0.39, 0.29) is 64.5 Å². The van der Waals surface area contributed by atoms with Crippen LogP contribution in [0, 0.1) is 46.0 Å². The van der Waals surface area contributed by atoms with Crippen molar-refractivity contribution in [1.29, 1.82) is 0 Å². The molecule has 0 fully saturated rings. The SMILES string of the molecule is Nc1ccccc1.[CH3-].[CH3-].[U].[V]. The molecule has 0 aliphatic carbocycles. The van der Waals surface area contributed by atoms with Gasteiger partial charge in [0.25, 0.3) is 0 Å². The molecule has 1 aromatic rings. The average Bonchev–Trinajstić information content (AvgIpc) is 1.69. The molecule has 1 aromatic carbocycles. The predicted molar refractivity (Wildman–Crippen MR) is 43.7 cm³/mol. The van der Waals surface area contributed by atoms with Crippen LogP contribution in [0.4, 0.5) is 5.69 Å². The monoisotopic (exact) mass is 412 g/mol. The molecule has 0 bridgehead atoms. The first-order chi connectivity index (χ1) is 3.39. The van der Waals surface area contributed by atoms with Crippen molar-refractivity contribution in [3.05, 3.63) is 45.2 Å². The van der Waals surface area contributed by atoms with E-state index in [0.29, 0.717) is 0 Å². The van der Waals surface area contributed by atoms with Crippen LogP contribution in [0.1, 0.15) is 0 Å². The number of benzene rings is 1. The van der Waals surface area contributed by atoms with Crippen molar-refractivity contribution in [3.63, 3.8) is 0 Å². The van der Waals surface area contributed by atoms with Gasteiger partial charge in [0.2, 0.25) is 0 Å². The maximum absolute atomic E-state index is 5.36. The van der Waals surface area contributed by atoms with Gasteiger partial charge in [0.05, 0.1) is 0 Å². The van der Waals surface area contributed by atoms with Crippen LogP contribution in [0.3, 0.4) is 0 Å². The second-order valence-corrected chi connectivity index (χ2v) is 1.41. The smallest absolute Gasteiger partial charge is 0.0313 e. The Bertz CT molecular complexity index is 144. The fraction of sp³-hybridized carbons (Fsp3) is 0. The van der Waals surface area contributed by atoms with E-state index in [4.69, 9.17) is 5.73 Å². The van der Waals surface area contributed by atoms with Gasteiger partial charge in [-0.25, -0.2) is 0 Å². The number of anilines is 1. The van der Waals surface area contributed by atoms with Gasteiger partial charge in [0.15, 0.2) is 0 Å². The molecular formula is C8H13NUV-2. The van der Waals surface area contributed by atoms with Crippen LogP contribution in [0.5, 0.6) is 0 Å². The van der Waals surface area contributed by atoms with Crippen molar-refractivity contribution in [2.45, 2.75) is 0 Å². The number of hydrogen-bond acceptors (Lipinski definition) is 1. The van der Waals surface area contributed by atoms with E-state index >= 15 is 0 Å². The summed E-state index contributed by atoms with van der Waals surface area (Å²) < 4.78 is 0. The minimum atomic E-state index is 0. The zero-order valence-corrected chi connectivity index (χ0v) is 12.5. The summed E-state index contributed by atoms with van der Waals surface area (Å²) in [4.78, 5) is 0. The van der Waals surface area contributed by atoms with Crippen LogP contribution in [-0.4, -0.2) is 0 Å². The molecule has 1 nitrogen and oxygen atoms in total. The Morgan fingerprint density at radius 1 is 0.909 bits per heavy atom. The molecule has 1 radical (unpaired) electrons. The summed E-state index contributed by atoms with van der Waals surface area (Å²) in [6, 6.07) is 9.49. The van der Waals surface area contributed by atoms with Gasteiger partial charge in [0.1, 0.15) is 0 Å². The van der Waals surface area contributed by atoms with E-state index in [0.717, 1.165) is 5.69 Å². The van der Waals surface area contributed by atoms with Crippen molar-refractivity contribution < 1.29 is 49.7 Å². The molecule has 0 saturated heterocycles. The van der Waals surface area contributed by atoms with Gasteiger partial charge in [-0.2, -0.15) is 0 Å². The topological polar surface area (TPSA) is 26.0 Å². The molecule has 0 aromatic heterocycles. The van der Waals surface area contributed by atoms with Gasteiger partial charge >= 0.3 is 0 Å². The quantitative estimate of drug-likeness (QED) is 0.513. The minimum Gasteiger partial charge on any atom is -0.399 e. The second-order valence-electron chi connectivity index (χ2n) is 1.41. The van der Waals surface area contributed by atoms with Crippen molar-refractivity contribution in [2.24, 2.45) is 0 Å². The van der Waals surface area contributed by atoms with Gasteiger partial charge in [-0.1, -0.05) is 18.2 Å². The Balaban J connectivity index is -0.0000000612. The Labute approximate surface area is 105 Å². The number of para-hydroxylation sites is 1. The minimum absolute atomic E-state index is 0. The van der Waals surface area contributed by atoms with Gasteiger partial charge in [-0.3, -0.25) is 0 Å². The molecule has 0 amide bonds. The van der Waals surface area contributed by atoms with Crippen molar-refractivity contribution in [3.8, 4) is 0 Å². The predicted octanol–water partition coefficient (Wildman–Crippen LogP) is 2.17. The van der Waals surface area contributed by atoms with E-state index in [1.165, 1.54) is 0 Å². The molecule has 0 spiro atoms.